The van der Waals surface area contributed by atoms with E-state index in [0.717, 1.165) is 31.6 Å². The number of nitrogens with zero attached hydrogens (tertiary/aromatic N) is 1. The average Bonchev–Trinajstić information content (AvgIpc) is 2.89. The first-order chi connectivity index (χ1) is 9.22. The Balaban J connectivity index is 1.87. The zero-order valence-corrected chi connectivity index (χ0v) is 10.7. The number of aromatic amines is 1. The molecule has 5 heteroatoms. The van der Waals surface area contributed by atoms with Crippen LogP contribution < -0.4 is 16.3 Å². The van der Waals surface area contributed by atoms with Crippen LogP contribution in [0.5, 0.6) is 0 Å². The minimum Gasteiger partial charge on any atom is -0.345 e. The third-order valence-electron chi connectivity index (χ3n) is 3.73. The topological polar surface area (TPSA) is 66.4 Å². The highest BCUT2D eigenvalue weighted by Crippen LogP contribution is 2.14. The molecule has 3 heterocycles. The van der Waals surface area contributed by atoms with Crippen molar-refractivity contribution >= 4 is 5.65 Å². The van der Waals surface area contributed by atoms with E-state index in [1.807, 2.05) is 0 Å². The van der Waals surface area contributed by atoms with E-state index in [1.165, 1.54) is 29.2 Å². The summed E-state index contributed by atoms with van der Waals surface area (Å²) < 4.78 is 1.46. The molecule has 0 aliphatic carbocycles. The molecule has 1 aliphatic heterocycles. The minimum absolute atomic E-state index is 0.0895. The maximum Gasteiger partial charge on any atom is 0.257 e. The van der Waals surface area contributed by atoms with Gasteiger partial charge in [0.25, 0.3) is 5.56 Å². The van der Waals surface area contributed by atoms with Crippen LogP contribution in [0, 0.1) is 5.92 Å². The van der Waals surface area contributed by atoms with Gasteiger partial charge in [-0.05, 0) is 38.3 Å². The lowest BCUT2D eigenvalue weighted by Gasteiger charge is -2.09. The van der Waals surface area contributed by atoms with Crippen LogP contribution in [0.25, 0.3) is 5.65 Å². The molecule has 0 spiro atoms. The highest BCUT2D eigenvalue weighted by atomic mass is 16.1. The van der Waals surface area contributed by atoms with Crippen LogP contribution in [0.2, 0.25) is 0 Å². The monoisotopic (exact) mass is 259 g/mol. The van der Waals surface area contributed by atoms with E-state index in [1.54, 1.807) is 6.07 Å². The van der Waals surface area contributed by atoms with Crippen LogP contribution >= 0.6 is 0 Å². The van der Waals surface area contributed by atoms with Crippen molar-refractivity contribution in [3.63, 3.8) is 0 Å². The number of rotatable bonds is 3. The van der Waals surface area contributed by atoms with Gasteiger partial charge < -0.3 is 10.3 Å². The molecule has 1 saturated heterocycles. The molecule has 0 radical (unpaired) electrons. The Hall–Kier alpha value is -1.88. The summed E-state index contributed by atoms with van der Waals surface area (Å²) >= 11 is 0. The summed E-state index contributed by atoms with van der Waals surface area (Å²) in [5, 5.41) is 3.34. The zero-order chi connectivity index (χ0) is 13.2. The first kappa shape index (κ1) is 12.2. The van der Waals surface area contributed by atoms with E-state index < -0.39 is 0 Å². The van der Waals surface area contributed by atoms with Crippen LogP contribution in [0.15, 0.2) is 34.0 Å². The van der Waals surface area contributed by atoms with Gasteiger partial charge in [-0.25, -0.2) is 0 Å². The number of nitrogens with one attached hydrogen (secondary N) is 2. The van der Waals surface area contributed by atoms with Crippen LogP contribution in [-0.4, -0.2) is 22.5 Å². The van der Waals surface area contributed by atoms with Gasteiger partial charge in [0.15, 0.2) is 5.43 Å². The van der Waals surface area contributed by atoms with E-state index >= 15 is 0 Å². The van der Waals surface area contributed by atoms with Crippen molar-refractivity contribution < 1.29 is 0 Å². The average molecular weight is 259 g/mol. The van der Waals surface area contributed by atoms with E-state index in [9.17, 15) is 9.59 Å². The van der Waals surface area contributed by atoms with Crippen molar-refractivity contribution in [2.75, 3.05) is 13.1 Å². The van der Waals surface area contributed by atoms with Gasteiger partial charge in [0.1, 0.15) is 5.65 Å². The Kier molecular flexibility index (Phi) is 3.21. The van der Waals surface area contributed by atoms with Gasteiger partial charge in [0.05, 0.1) is 0 Å². The number of aryl methyl sites for hydroxylation is 1. The summed E-state index contributed by atoms with van der Waals surface area (Å²) in [4.78, 5) is 26.4. The molecule has 0 saturated carbocycles. The van der Waals surface area contributed by atoms with E-state index in [-0.39, 0.29) is 11.0 Å². The van der Waals surface area contributed by atoms with Gasteiger partial charge in [0, 0.05) is 30.1 Å². The summed E-state index contributed by atoms with van der Waals surface area (Å²) in [5.74, 6) is 0.692. The van der Waals surface area contributed by atoms with Crippen molar-refractivity contribution in [2.24, 2.45) is 5.92 Å². The maximum absolute atomic E-state index is 11.9. The standard InChI is InChI=1S/C14H17N3O2/c18-12-4-6-17-13(8-12)16-11(7-14(17)19)2-1-10-3-5-15-9-10/h4,6-8,10,15-16H,1-3,5,9H2. The molecule has 0 aromatic carbocycles. The van der Waals surface area contributed by atoms with Crippen LogP contribution in [-0.2, 0) is 6.42 Å². The van der Waals surface area contributed by atoms with Gasteiger partial charge in [-0.1, -0.05) is 0 Å². The highest BCUT2D eigenvalue weighted by Gasteiger charge is 2.14. The normalized spacial score (nSPS) is 19.1. The molecule has 5 nitrogen and oxygen atoms in total. The number of hydrogen-bond acceptors (Lipinski definition) is 3. The predicted octanol–water partition coefficient (Wildman–Crippen LogP) is 0.530. The van der Waals surface area contributed by atoms with Crippen molar-refractivity contribution in [2.45, 2.75) is 19.3 Å². The molecule has 1 atom stereocenters. The molecule has 2 aromatic heterocycles. The Labute approximate surface area is 110 Å². The lowest BCUT2D eigenvalue weighted by molar-refractivity contribution is 0.529. The van der Waals surface area contributed by atoms with E-state index in [2.05, 4.69) is 10.3 Å². The molecule has 1 aliphatic rings. The van der Waals surface area contributed by atoms with Gasteiger partial charge in [0.2, 0.25) is 0 Å². The number of hydrogen-bond donors (Lipinski definition) is 2. The van der Waals surface area contributed by atoms with Gasteiger partial charge >= 0.3 is 0 Å². The van der Waals surface area contributed by atoms with Crippen molar-refractivity contribution in [3.8, 4) is 0 Å². The Bertz CT molecular complexity index is 696. The van der Waals surface area contributed by atoms with Crippen molar-refractivity contribution in [3.05, 3.63) is 50.7 Å². The largest absolute Gasteiger partial charge is 0.345 e. The molecular weight excluding hydrogens is 242 g/mol. The second-order valence-corrected chi connectivity index (χ2v) is 5.15. The summed E-state index contributed by atoms with van der Waals surface area (Å²) in [5.41, 5.74) is 1.29. The molecule has 1 fully saturated rings. The second-order valence-electron chi connectivity index (χ2n) is 5.15. The van der Waals surface area contributed by atoms with Gasteiger partial charge in [-0.3, -0.25) is 14.0 Å². The third-order valence-corrected chi connectivity index (χ3v) is 3.73. The minimum atomic E-state index is -0.0900. The molecule has 19 heavy (non-hydrogen) atoms. The van der Waals surface area contributed by atoms with Gasteiger partial charge in [-0.15, -0.1) is 0 Å². The zero-order valence-electron chi connectivity index (χ0n) is 10.7. The number of H-pyrrole nitrogens is 1. The SMILES string of the molecule is O=c1ccn2c(=O)cc(CCC3CCNC3)[nH]c2c1. The van der Waals surface area contributed by atoms with Crippen LogP contribution in [0.3, 0.4) is 0 Å². The van der Waals surface area contributed by atoms with E-state index in [4.69, 9.17) is 0 Å². The third kappa shape index (κ3) is 2.61. The molecule has 2 aromatic rings. The fraction of sp³-hybridized carbons (Fsp3) is 0.429. The Morgan fingerprint density at radius 1 is 1.32 bits per heavy atom. The summed E-state index contributed by atoms with van der Waals surface area (Å²) in [6, 6.07) is 4.48. The lowest BCUT2D eigenvalue weighted by atomic mass is 10.0. The quantitative estimate of drug-likeness (QED) is 0.845. The molecule has 2 N–H and O–H groups in total. The first-order valence-corrected chi connectivity index (χ1v) is 6.68. The fourth-order valence-electron chi connectivity index (χ4n) is 2.64. The Morgan fingerprint density at radius 3 is 3.00 bits per heavy atom. The first-order valence-electron chi connectivity index (χ1n) is 6.68. The Morgan fingerprint density at radius 2 is 2.21 bits per heavy atom. The van der Waals surface area contributed by atoms with Crippen molar-refractivity contribution in [1.82, 2.24) is 14.7 Å². The number of fused-ring (bicyclic) bond motifs is 1. The second kappa shape index (κ2) is 5.01. The molecule has 100 valence electrons. The van der Waals surface area contributed by atoms with Crippen LogP contribution in [0.1, 0.15) is 18.5 Å². The molecule has 0 amide bonds. The lowest BCUT2D eigenvalue weighted by Crippen LogP contribution is -2.18. The molecular formula is C14H17N3O2. The molecule has 3 rings (SSSR count). The summed E-state index contributed by atoms with van der Waals surface area (Å²) in [6.07, 6.45) is 4.63. The highest BCUT2D eigenvalue weighted by molar-refractivity contribution is 5.38. The maximum atomic E-state index is 11.9. The summed E-state index contributed by atoms with van der Waals surface area (Å²) in [6.45, 7) is 2.16. The van der Waals surface area contributed by atoms with E-state index in [0.29, 0.717) is 11.6 Å². The summed E-state index contributed by atoms with van der Waals surface area (Å²) in [7, 11) is 0. The predicted molar refractivity (Wildman–Crippen MR) is 73.6 cm³/mol. The van der Waals surface area contributed by atoms with Crippen molar-refractivity contribution in [1.29, 1.82) is 0 Å². The molecule has 1 unspecified atom stereocenters. The van der Waals surface area contributed by atoms with Crippen LogP contribution in [0.4, 0.5) is 0 Å². The number of aromatic nitrogens is 2. The number of pyridine rings is 1. The smallest absolute Gasteiger partial charge is 0.257 e. The van der Waals surface area contributed by atoms with Gasteiger partial charge in [-0.2, -0.15) is 0 Å². The fourth-order valence-corrected chi connectivity index (χ4v) is 2.64. The molecule has 0 bridgehead atoms.